The molecule has 0 spiro atoms. The van der Waals surface area contributed by atoms with E-state index in [1.54, 1.807) is 0 Å². The van der Waals surface area contributed by atoms with Gasteiger partial charge < -0.3 is 10.2 Å². The Morgan fingerprint density at radius 3 is 2.92 bits per heavy atom. The van der Waals surface area contributed by atoms with Gasteiger partial charge in [-0.2, -0.15) is 0 Å². The molecule has 0 saturated heterocycles. The molecule has 1 aliphatic carbocycles. The first-order chi connectivity index (χ1) is 6.36. The van der Waals surface area contributed by atoms with Gasteiger partial charge in [0, 0.05) is 10.9 Å². The molecule has 1 fully saturated rings. The van der Waals surface area contributed by atoms with Crippen LogP contribution in [0.2, 0.25) is 0 Å². The van der Waals surface area contributed by atoms with Crippen molar-refractivity contribution in [2.45, 2.75) is 18.8 Å². The van der Waals surface area contributed by atoms with Crippen molar-refractivity contribution < 1.29 is 4.42 Å². The summed E-state index contributed by atoms with van der Waals surface area (Å²) in [5.74, 6) is 0.725. The van der Waals surface area contributed by atoms with Gasteiger partial charge in [0.05, 0.1) is 12.0 Å². The second kappa shape index (κ2) is 2.28. The largest absolute Gasteiger partial charge is 0.462 e. The lowest BCUT2D eigenvalue weighted by atomic mass is 10.1. The number of furan rings is 1. The highest BCUT2D eigenvalue weighted by Gasteiger charge is 2.27. The molecule has 1 aromatic carbocycles. The molecule has 1 saturated carbocycles. The van der Waals surface area contributed by atoms with Gasteiger partial charge in [0.25, 0.3) is 0 Å². The zero-order valence-corrected chi connectivity index (χ0v) is 7.29. The third-order valence-electron chi connectivity index (χ3n) is 2.68. The molecule has 3 rings (SSSR count). The van der Waals surface area contributed by atoms with E-state index in [0.717, 1.165) is 17.2 Å². The Hall–Kier alpha value is -1.44. The average molecular weight is 173 g/mol. The Morgan fingerprint density at radius 2 is 2.15 bits per heavy atom. The summed E-state index contributed by atoms with van der Waals surface area (Å²) in [6.45, 7) is 0. The maximum absolute atomic E-state index is 5.80. The summed E-state index contributed by atoms with van der Waals surface area (Å²) in [7, 11) is 0. The Labute approximate surface area is 76.3 Å². The van der Waals surface area contributed by atoms with Gasteiger partial charge in [-0.05, 0) is 24.8 Å². The van der Waals surface area contributed by atoms with E-state index in [9.17, 15) is 0 Å². The highest BCUT2D eigenvalue weighted by Crippen LogP contribution is 2.44. The number of hydrogen-bond acceptors (Lipinski definition) is 2. The predicted octanol–water partition coefficient (Wildman–Crippen LogP) is 2.89. The Kier molecular flexibility index (Phi) is 1.23. The maximum Gasteiger partial charge on any atom is 0.157 e. The van der Waals surface area contributed by atoms with E-state index in [2.05, 4.69) is 6.07 Å². The topological polar surface area (TPSA) is 39.2 Å². The molecule has 1 aromatic heterocycles. The van der Waals surface area contributed by atoms with Crippen LogP contribution >= 0.6 is 0 Å². The SMILES string of the molecule is Nc1cccc2c(C3CC3)coc12. The third kappa shape index (κ3) is 0.949. The lowest BCUT2D eigenvalue weighted by molar-refractivity contribution is 0.612. The summed E-state index contributed by atoms with van der Waals surface area (Å²) in [5.41, 5.74) is 8.72. The molecule has 1 aliphatic rings. The number of nitrogens with two attached hydrogens (primary N) is 1. The van der Waals surface area contributed by atoms with Crippen LogP contribution in [-0.2, 0) is 0 Å². The number of hydrogen-bond donors (Lipinski definition) is 1. The van der Waals surface area contributed by atoms with E-state index >= 15 is 0 Å². The van der Waals surface area contributed by atoms with Gasteiger partial charge in [0.2, 0.25) is 0 Å². The van der Waals surface area contributed by atoms with Gasteiger partial charge in [0.15, 0.2) is 5.58 Å². The minimum Gasteiger partial charge on any atom is -0.462 e. The molecule has 0 unspecified atom stereocenters. The van der Waals surface area contributed by atoms with Crippen LogP contribution in [0.15, 0.2) is 28.9 Å². The Bertz CT molecular complexity index is 454. The molecule has 2 nitrogen and oxygen atoms in total. The molecule has 2 aromatic rings. The second-order valence-electron chi connectivity index (χ2n) is 3.69. The number of nitrogen functional groups attached to an aromatic ring is 1. The van der Waals surface area contributed by atoms with Crippen molar-refractivity contribution in [1.82, 2.24) is 0 Å². The maximum atomic E-state index is 5.80. The van der Waals surface area contributed by atoms with E-state index in [-0.39, 0.29) is 0 Å². The summed E-state index contributed by atoms with van der Waals surface area (Å²) >= 11 is 0. The first kappa shape index (κ1) is 7.01. The first-order valence-electron chi connectivity index (χ1n) is 4.62. The summed E-state index contributed by atoms with van der Waals surface area (Å²) in [5, 5.41) is 1.20. The van der Waals surface area contributed by atoms with Gasteiger partial charge in [-0.15, -0.1) is 0 Å². The van der Waals surface area contributed by atoms with Crippen molar-refractivity contribution in [3.05, 3.63) is 30.0 Å². The quantitative estimate of drug-likeness (QED) is 0.673. The van der Waals surface area contributed by atoms with Crippen LogP contribution in [0.1, 0.15) is 24.3 Å². The van der Waals surface area contributed by atoms with Crippen LogP contribution in [0.3, 0.4) is 0 Å². The molecular weight excluding hydrogens is 162 g/mol. The van der Waals surface area contributed by atoms with Gasteiger partial charge in [0.1, 0.15) is 0 Å². The van der Waals surface area contributed by atoms with Crippen molar-refractivity contribution in [2.24, 2.45) is 0 Å². The fourth-order valence-electron chi connectivity index (χ4n) is 1.81. The van der Waals surface area contributed by atoms with Crippen molar-refractivity contribution in [2.75, 3.05) is 5.73 Å². The van der Waals surface area contributed by atoms with E-state index in [0.29, 0.717) is 0 Å². The van der Waals surface area contributed by atoms with E-state index in [1.165, 1.54) is 23.8 Å². The summed E-state index contributed by atoms with van der Waals surface area (Å²) in [6, 6.07) is 5.95. The molecule has 1 heterocycles. The molecule has 0 amide bonds. The first-order valence-corrected chi connectivity index (χ1v) is 4.62. The van der Waals surface area contributed by atoms with E-state index < -0.39 is 0 Å². The summed E-state index contributed by atoms with van der Waals surface area (Å²) in [6.07, 6.45) is 4.45. The van der Waals surface area contributed by atoms with Crippen molar-refractivity contribution in [1.29, 1.82) is 0 Å². The van der Waals surface area contributed by atoms with Crippen LogP contribution in [0, 0.1) is 0 Å². The normalized spacial score (nSPS) is 16.6. The number of benzene rings is 1. The molecule has 2 N–H and O–H groups in total. The lowest BCUT2D eigenvalue weighted by Gasteiger charge is -1.94. The van der Waals surface area contributed by atoms with Crippen LogP contribution < -0.4 is 5.73 Å². The van der Waals surface area contributed by atoms with Gasteiger partial charge >= 0.3 is 0 Å². The van der Waals surface area contributed by atoms with Gasteiger partial charge in [-0.3, -0.25) is 0 Å². The monoisotopic (exact) mass is 173 g/mol. The lowest BCUT2D eigenvalue weighted by Crippen LogP contribution is -1.84. The highest BCUT2D eigenvalue weighted by molar-refractivity contribution is 5.90. The fraction of sp³-hybridized carbons (Fsp3) is 0.273. The smallest absolute Gasteiger partial charge is 0.157 e. The molecular formula is C11H11NO. The second-order valence-corrected chi connectivity index (χ2v) is 3.69. The Morgan fingerprint density at radius 1 is 1.31 bits per heavy atom. The van der Waals surface area contributed by atoms with Crippen molar-refractivity contribution in [3.63, 3.8) is 0 Å². The molecule has 0 radical (unpaired) electrons. The number of rotatable bonds is 1. The zero-order valence-electron chi connectivity index (χ0n) is 7.29. The Balaban J connectivity index is 2.32. The number of para-hydroxylation sites is 1. The molecule has 0 bridgehead atoms. The minimum atomic E-state index is 0.725. The fourth-order valence-corrected chi connectivity index (χ4v) is 1.81. The molecule has 13 heavy (non-hydrogen) atoms. The summed E-state index contributed by atoms with van der Waals surface area (Å²) in [4.78, 5) is 0. The molecule has 2 heteroatoms. The van der Waals surface area contributed by atoms with Gasteiger partial charge in [-0.25, -0.2) is 0 Å². The van der Waals surface area contributed by atoms with Gasteiger partial charge in [-0.1, -0.05) is 12.1 Å². The standard InChI is InChI=1S/C11H11NO/c12-10-3-1-2-8-9(7-4-5-7)6-13-11(8)10/h1-3,6-7H,4-5,12H2. The van der Waals surface area contributed by atoms with Crippen LogP contribution in [0.25, 0.3) is 11.0 Å². The van der Waals surface area contributed by atoms with Crippen LogP contribution in [0.4, 0.5) is 5.69 Å². The highest BCUT2D eigenvalue weighted by atomic mass is 16.3. The van der Waals surface area contributed by atoms with E-state index in [4.69, 9.17) is 10.2 Å². The summed E-state index contributed by atoms with van der Waals surface area (Å²) < 4.78 is 5.46. The molecule has 0 atom stereocenters. The third-order valence-corrected chi connectivity index (χ3v) is 2.68. The average Bonchev–Trinajstić information content (AvgIpc) is 2.87. The number of anilines is 1. The van der Waals surface area contributed by atoms with Crippen LogP contribution in [-0.4, -0.2) is 0 Å². The van der Waals surface area contributed by atoms with Crippen LogP contribution in [0.5, 0.6) is 0 Å². The van der Waals surface area contributed by atoms with Crippen molar-refractivity contribution >= 4 is 16.7 Å². The molecule has 66 valence electrons. The van der Waals surface area contributed by atoms with E-state index in [1.807, 2.05) is 18.4 Å². The van der Waals surface area contributed by atoms with Crippen molar-refractivity contribution in [3.8, 4) is 0 Å². The minimum absolute atomic E-state index is 0.725. The number of fused-ring (bicyclic) bond motifs is 1. The predicted molar refractivity (Wildman–Crippen MR) is 52.6 cm³/mol. The molecule has 0 aliphatic heterocycles. The zero-order chi connectivity index (χ0) is 8.84.